The van der Waals surface area contributed by atoms with Gasteiger partial charge in [-0.1, -0.05) is 35.5 Å². The second-order valence-electron chi connectivity index (χ2n) is 6.36. The minimum Gasteiger partial charge on any atom is -0.349 e. The summed E-state index contributed by atoms with van der Waals surface area (Å²) in [6.07, 6.45) is 3.77. The number of hydrogen-bond acceptors (Lipinski definition) is 6. The van der Waals surface area contributed by atoms with Gasteiger partial charge in [0.2, 0.25) is 11.8 Å². The Morgan fingerprint density at radius 3 is 2.89 bits per heavy atom. The molecule has 28 heavy (non-hydrogen) atoms. The number of benzene rings is 1. The second-order valence-corrected chi connectivity index (χ2v) is 7.31. The Kier molecular flexibility index (Phi) is 5.03. The van der Waals surface area contributed by atoms with Crippen molar-refractivity contribution in [1.82, 2.24) is 20.4 Å². The van der Waals surface area contributed by atoms with Gasteiger partial charge in [-0.25, -0.2) is 0 Å². The van der Waals surface area contributed by atoms with Crippen LogP contribution in [0.25, 0.3) is 16.8 Å². The Labute approximate surface area is 165 Å². The van der Waals surface area contributed by atoms with E-state index in [0.29, 0.717) is 11.7 Å². The van der Waals surface area contributed by atoms with Crippen LogP contribution in [0.1, 0.15) is 36.3 Å². The average Bonchev–Trinajstić information content (AvgIpc) is 3.38. The van der Waals surface area contributed by atoms with Gasteiger partial charge < -0.3 is 14.7 Å². The normalized spacial score (nSPS) is 15.3. The van der Waals surface area contributed by atoms with Crippen molar-refractivity contribution < 1.29 is 14.1 Å². The monoisotopic (exact) mass is 394 g/mol. The lowest BCUT2D eigenvalue weighted by molar-refractivity contribution is -0.130. The third kappa shape index (κ3) is 3.72. The molecular weight excluding hydrogens is 376 g/mol. The summed E-state index contributed by atoms with van der Waals surface area (Å²) in [5, 5.41) is 8.64. The lowest BCUT2D eigenvalue weighted by Crippen LogP contribution is -2.35. The molecule has 1 aliphatic rings. The van der Waals surface area contributed by atoms with E-state index < -0.39 is 0 Å². The van der Waals surface area contributed by atoms with Gasteiger partial charge in [0.15, 0.2) is 5.82 Å². The summed E-state index contributed by atoms with van der Waals surface area (Å²) in [4.78, 5) is 31.3. The van der Waals surface area contributed by atoms with Crippen molar-refractivity contribution in [3.05, 3.63) is 64.9 Å². The number of nitrogens with zero attached hydrogens (tertiary/aromatic N) is 3. The number of carbonyl (C=O) groups excluding carboxylic acids is 2. The zero-order valence-electron chi connectivity index (χ0n) is 15.2. The molecule has 4 rings (SSSR count). The molecular formula is C20H18N4O3S. The van der Waals surface area contributed by atoms with Crippen molar-refractivity contribution in [3.8, 4) is 10.8 Å². The second kappa shape index (κ2) is 7.77. The summed E-state index contributed by atoms with van der Waals surface area (Å²) >= 11 is 1.51. The van der Waals surface area contributed by atoms with Crippen molar-refractivity contribution in [3.63, 3.8) is 0 Å². The third-order valence-electron chi connectivity index (χ3n) is 4.49. The fraction of sp³-hybridized carbons (Fsp3) is 0.200. The van der Waals surface area contributed by atoms with Gasteiger partial charge in [-0.2, -0.15) is 4.98 Å². The quantitative estimate of drug-likeness (QED) is 0.717. The summed E-state index contributed by atoms with van der Waals surface area (Å²) in [6, 6.07) is 11.2. The number of fused-ring (bicyclic) bond motifs is 1. The number of hydrogen-bond donors (Lipinski definition) is 1. The number of thiophene rings is 1. The molecule has 8 heteroatoms. The van der Waals surface area contributed by atoms with Crippen molar-refractivity contribution in [2.75, 3.05) is 0 Å². The van der Waals surface area contributed by atoms with Crippen molar-refractivity contribution in [1.29, 1.82) is 0 Å². The molecule has 2 amide bonds. The Morgan fingerprint density at radius 2 is 2.11 bits per heavy atom. The highest BCUT2D eigenvalue weighted by Crippen LogP contribution is 2.32. The van der Waals surface area contributed by atoms with Crippen LogP contribution in [0.4, 0.5) is 0 Å². The van der Waals surface area contributed by atoms with Gasteiger partial charge in [0.25, 0.3) is 5.89 Å². The number of carbonyl (C=O) groups is 2. The summed E-state index contributed by atoms with van der Waals surface area (Å²) in [7, 11) is 0. The molecule has 142 valence electrons. The van der Waals surface area contributed by atoms with Gasteiger partial charge in [0.1, 0.15) is 0 Å². The molecule has 1 N–H and O–H groups in total. The first-order valence-corrected chi connectivity index (χ1v) is 9.69. The van der Waals surface area contributed by atoms with E-state index >= 15 is 0 Å². The molecule has 1 aromatic carbocycles. The molecule has 0 radical (unpaired) electrons. The molecule has 1 aliphatic heterocycles. The van der Waals surface area contributed by atoms with Gasteiger partial charge >= 0.3 is 0 Å². The molecule has 0 spiro atoms. The fourth-order valence-electron chi connectivity index (χ4n) is 3.16. The maximum Gasteiger partial charge on any atom is 0.268 e. The van der Waals surface area contributed by atoms with E-state index in [-0.39, 0.29) is 30.8 Å². The zero-order valence-corrected chi connectivity index (χ0v) is 16.0. The van der Waals surface area contributed by atoms with E-state index in [2.05, 4.69) is 15.5 Å². The predicted molar refractivity (Wildman–Crippen MR) is 105 cm³/mol. The summed E-state index contributed by atoms with van der Waals surface area (Å²) in [5.74, 6) is 0.545. The van der Waals surface area contributed by atoms with Crippen LogP contribution in [-0.2, 0) is 16.1 Å². The van der Waals surface area contributed by atoms with E-state index in [1.165, 1.54) is 18.3 Å². The minimum absolute atomic E-state index is 0.109. The Bertz CT molecular complexity index is 1030. The first kappa shape index (κ1) is 18.1. The third-order valence-corrected chi connectivity index (χ3v) is 5.35. The molecule has 0 fully saturated rings. The Hall–Kier alpha value is -3.26. The summed E-state index contributed by atoms with van der Waals surface area (Å²) in [6.45, 7) is 1.66. The standard InChI is InChI=1S/C20H18N4O3S/c1-13(25)24-9-8-14-5-2-3-6-15(14)16(24)11-19(26)21-12-18-22-20(27-23-18)17-7-4-10-28-17/h2-10,16H,11-12H2,1H3,(H,21,26)/t16-/m1/s1. The van der Waals surface area contributed by atoms with Crippen LogP contribution in [0, 0.1) is 0 Å². The van der Waals surface area contributed by atoms with Gasteiger partial charge in [-0.3, -0.25) is 9.59 Å². The molecule has 0 saturated heterocycles. The van der Waals surface area contributed by atoms with Crippen molar-refractivity contribution >= 4 is 29.2 Å². The maximum absolute atomic E-state index is 12.5. The van der Waals surface area contributed by atoms with Crippen molar-refractivity contribution in [2.24, 2.45) is 0 Å². The van der Waals surface area contributed by atoms with E-state index in [9.17, 15) is 9.59 Å². The smallest absolute Gasteiger partial charge is 0.268 e. The number of aromatic nitrogens is 2. The number of rotatable bonds is 5. The lowest BCUT2D eigenvalue weighted by atomic mass is 9.93. The first-order chi connectivity index (χ1) is 13.6. The Morgan fingerprint density at radius 1 is 1.25 bits per heavy atom. The van der Waals surface area contributed by atoms with Gasteiger partial charge in [-0.05, 0) is 28.6 Å². The molecule has 1 atom stereocenters. The van der Waals surface area contributed by atoms with Crippen LogP contribution < -0.4 is 5.32 Å². The van der Waals surface area contributed by atoms with Crippen molar-refractivity contribution in [2.45, 2.75) is 25.9 Å². The molecule has 3 heterocycles. The molecule has 7 nitrogen and oxygen atoms in total. The minimum atomic E-state index is -0.342. The van der Waals surface area contributed by atoms with Gasteiger partial charge in [0.05, 0.1) is 23.9 Å². The number of amides is 2. The molecule has 3 aromatic rings. The highest BCUT2D eigenvalue weighted by atomic mass is 32.1. The van der Waals surface area contributed by atoms with Gasteiger partial charge in [-0.15, -0.1) is 11.3 Å². The van der Waals surface area contributed by atoms with E-state index in [1.54, 1.807) is 11.1 Å². The molecule has 0 unspecified atom stereocenters. The largest absolute Gasteiger partial charge is 0.349 e. The SMILES string of the molecule is CC(=O)N1C=Cc2ccccc2[C@H]1CC(=O)NCc1noc(-c2cccs2)n1. The van der Waals surface area contributed by atoms with Crippen LogP contribution in [0.2, 0.25) is 0 Å². The van der Waals surface area contributed by atoms with Crippen LogP contribution in [0.3, 0.4) is 0 Å². The Balaban J connectivity index is 1.42. The van der Waals surface area contributed by atoms with E-state index in [4.69, 9.17) is 4.52 Å². The van der Waals surface area contributed by atoms with Crippen LogP contribution in [-0.4, -0.2) is 26.9 Å². The van der Waals surface area contributed by atoms with Crippen LogP contribution >= 0.6 is 11.3 Å². The summed E-state index contributed by atoms with van der Waals surface area (Å²) in [5.41, 5.74) is 1.96. The molecule has 0 saturated carbocycles. The predicted octanol–water partition coefficient (Wildman–Crippen LogP) is 3.38. The maximum atomic E-state index is 12.5. The van der Waals surface area contributed by atoms with E-state index in [1.807, 2.05) is 47.9 Å². The van der Waals surface area contributed by atoms with Gasteiger partial charge in [0, 0.05) is 13.1 Å². The highest BCUT2D eigenvalue weighted by molar-refractivity contribution is 7.13. The molecule has 0 aliphatic carbocycles. The molecule has 0 bridgehead atoms. The zero-order chi connectivity index (χ0) is 19.5. The van der Waals surface area contributed by atoms with Crippen LogP contribution in [0.5, 0.6) is 0 Å². The van der Waals surface area contributed by atoms with Crippen LogP contribution in [0.15, 0.2) is 52.5 Å². The topological polar surface area (TPSA) is 88.3 Å². The van der Waals surface area contributed by atoms with E-state index in [0.717, 1.165) is 16.0 Å². The number of nitrogens with one attached hydrogen (secondary N) is 1. The lowest BCUT2D eigenvalue weighted by Gasteiger charge is -2.32. The molecule has 2 aromatic heterocycles. The fourth-order valence-corrected chi connectivity index (χ4v) is 3.81. The summed E-state index contributed by atoms with van der Waals surface area (Å²) < 4.78 is 5.22. The first-order valence-electron chi connectivity index (χ1n) is 8.81. The highest BCUT2D eigenvalue weighted by Gasteiger charge is 2.28. The average molecular weight is 394 g/mol.